The second-order valence-corrected chi connectivity index (χ2v) is 6.11. The smallest absolute Gasteiger partial charge is 0.0942 e. The van der Waals surface area contributed by atoms with Crippen molar-refractivity contribution in [2.75, 3.05) is 0 Å². The lowest BCUT2D eigenvalue weighted by Gasteiger charge is -2.41. The van der Waals surface area contributed by atoms with Crippen LogP contribution in [0, 0.1) is 11.8 Å². The molecular weight excluding hydrogens is 234 g/mol. The molecule has 1 aliphatic rings. The van der Waals surface area contributed by atoms with Gasteiger partial charge in [-0.3, -0.25) is 4.98 Å². The first-order valence-corrected chi connectivity index (χ1v) is 7.17. The van der Waals surface area contributed by atoms with Crippen LogP contribution in [0.2, 0.25) is 0 Å². The van der Waals surface area contributed by atoms with E-state index in [1.54, 1.807) is 0 Å². The van der Waals surface area contributed by atoms with E-state index in [1.165, 1.54) is 0 Å². The zero-order valence-electron chi connectivity index (χ0n) is 11.6. The van der Waals surface area contributed by atoms with Gasteiger partial charge in [-0.05, 0) is 36.5 Å². The molecule has 1 aliphatic carbocycles. The Balaban J connectivity index is 2.13. The molecule has 0 amide bonds. The molecule has 100 valence electrons. The molecule has 1 heterocycles. The molecule has 0 spiro atoms. The maximum atomic E-state index is 11.2. The number of fused-ring (bicyclic) bond motifs is 1. The quantitative estimate of drug-likeness (QED) is 0.839. The Hall–Kier alpha value is -1.41. The van der Waals surface area contributed by atoms with Crippen molar-refractivity contribution in [2.24, 2.45) is 11.8 Å². The number of aromatic nitrogens is 1. The zero-order chi connectivity index (χ0) is 13.5. The molecule has 0 aliphatic heterocycles. The SMILES string of the molecule is CC1CCC(O)(c2cncc3ccccc23)C(C)C1. The predicted octanol–water partition coefficient (Wildman–Crippen LogP) is 3.88. The van der Waals surface area contributed by atoms with Gasteiger partial charge in [0.1, 0.15) is 0 Å². The van der Waals surface area contributed by atoms with Gasteiger partial charge in [-0.25, -0.2) is 0 Å². The van der Waals surface area contributed by atoms with E-state index in [1.807, 2.05) is 24.5 Å². The lowest BCUT2D eigenvalue weighted by Crippen LogP contribution is -2.38. The summed E-state index contributed by atoms with van der Waals surface area (Å²) in [7, 11) is 0. The van der Waals surface area contributed by atoms with Crippen LogP contribution in [0.4, 0.5) is 0 Å². The standard InChI is InChI=1S/C17H21NO/c1-12-7-8-17(19,13(2)9-12)16-11-18-10-14-5-3-4-6-15(14)16/h3-6,10-13,19H,7-9H2,1-2H3. The van der Waals surface area contributed by atoms with Crippen LogP contribution in [0.25, 0.3) is 10.8 Å². The average Bonchev–Trinajstić information content (AvgIpc) is 2.43. The summed E-state index contributed by atoms with van der Waals surface area (Å²) in [4.78, 5) is 4.33. The molecule has 1 aromatic carbocycles. The number of benzene rings is 1. The van der Waals surface area contributed by atoms with Crippen molar-refractivity contribution in [3.63, 3.8) is 0 Å². The lowest BCUT2D eigenvalue weighted by atomic mass is 9.68. The van der Waals surface area contributed by atoms with Crippen LogP contribution in [0.1, 0.15) is 38.7 Å². The second kappa shape index (κ2) is 4.61. The lowest BCUT2D eigenvalue weighted by molar-refractivity contribution is -0.0578. The van der Waals surface area contributed by atoms with Crippen molar-refractivity contribution in [1.29, 1.82) is 0 Å². The number of hydrogen-bond acceptors (Lipinski definition) is 2. The number of hydrogen-bond donors (Lipinski definition) is 1. The molecule has 3 unspecified atom stereocenters. The summed E-state index contributed by atoms with van der Waals surface area (Å²) < 4.78 is 0. The third-order valence-corrected chi connectivity index (χ3v) is 4.72. The monoisotopic (exact) mass is 255 g/mol. The molecule has 1 N–H and O–H groups in total. The molecule has 2 nitrogen and oxygen atoms in total. The minimum Gasteiger partial charge on any atom is -0.385 e. The fraction of sp³-hybridized carbons (Fsp3) is 0.471. The molecule has 19 heavy (non-hydrogen) atoms. The molecule has 0 bridgehead atoms. The minimum absolute atomic E-state index is 0.281. The Morgan fingerprint density at radius 2 is 2.00 bits per heavy atom. The van der Waals surface area contributed by atoms with Gasteiger partial charge in [0.25, 0.3) is 0 Å². The van der Waals surface area contributed by atoms with E-state index in [0.29, 0.717) is 5.92 Å². The van der Waals surface area contributed by atoms with Crippen LogP contribution in [-0.4, -0.2) is 10.1 Å². The van der Waals surface area contributed by atoms with Crippen molar-refractivity contribution in [2.45, 2.75) is 38.7 Å². The average molecular weight is 255 g/mol. The van der Waals surface area contributed by atoms with E-state index in [9.17, 15) is 5.11 Å². The van der Waals surface area contributed by atoms with E-state index < -0.39 is 5.60 Å². The number of pyridine rings is 1. The summed E-state index contributed by atoms with van der Waals surface area (Å²) in [5.41, 5.74) is 0.283. The molecule has 1 fully saturated rings. The van der Waals surface area contributed by atoms with E-state index in [-0.39, 0.29) is 5.92 Å². The van der Waals surface area contributed by atoms with Crippen molar-refractivity contribution in [1.82, 2.24) is 4.98 Å². The van der Waals surface area contributed by atoms with Gasteiger partial charge in [0.05, 0.1) is 5.60 Å². The Kier molecular flexibility index (Phi) is 3.06. The van der Waals surface area contributed by atoms with Crippen LogP contribution < -0.4 is 0 Å². The van der Waals surface area contributed by atoms with Gasteiger partial charge < -0.3 is 5.11 Å². The van der Waals surface area contributed by atoms with Crippen LogP contribution in [0.15, 0.2) is 36.7 Å². The second-order valence-electron chi connectivity index (χ2n) is 6.11. The fourth-order valence-electron chi connectivity index (χ4n) is 3.49. The number of nitrogens with zero attached hydrogens (tertiary/aromatic N) is 1. The van der Waals surface area contributed by atoms with Crippen molar-refractivity contribution < 1.29 is 5.11 Å². The first-order valence-electron chi connectivity index (χ1n) is 7.17. The number of aliphatic hydroxyl groups is 1. The van der Waals surface area contributed by atoms with Gasteiger partial charge >= 0.3 is 0 Å². The molecule has 0 radical (unpaired) electrons. The third-order valence-electron chi connectivity index (χ3n) is 4.72. The molecule has 0 saturated heterocycles. The molecule has 2 heteroatoms. The number of rotatable bonds is 1. The Bertz CT molecular complexity index is 589. The molecular formula is C17H21NO. The highest BCUT2D eigenvalue weighted by Crippen LogP contribution is 2.45. The van der Waals surface area contributed by atoms with Crippen molar-refractivity contribution in [3.05, 3.63) is 42.2 Å². The summed E-state index contributed by atoms with van der Waals surface area (Å²) in [6.45, 7) is 4.44. The normalized spacial score (nSPS) is 31.5. The summed E-state index contributed by atoms with van der Waals surface area (Å²) >= 11 is 0. The largest absolute Gasteiger partial charge is 0.385 e. The van der Waals surface area contributed by atoms with Gasteiger partial charge in [0.2, 0.25) is 0 Å². The highest BCUT2D eigenvalue weighted by Gasteiger charge is 2.40. The fourth-order valence-corrected chi connectivity index (χ4v) is 3.49. The van der Waals surface area contributed by atoms with Gasteiger partial charge in [0.15, 0.2) is 0 Å². The summed E-state index contributed by atoms with van der Waals surface area (Å²) in [6, 6.07) is 8.20. The predicted molar refractivity (Wildman–Crippen MR) is 77.8 cm³/mol. The molecule has 3 atom stereocenters. The maximum absolute atomic E-state index is 11.2. The first-order chi connectivity index (χ1) is 9.11. The van der Waals surface area contributed by atoms with Gasteiger partial charge in [-0.2, -0.15) is 0 Å². The van der Waals surface area contributed by atoms with Gasteiger partial charge in [0, 0.05) is 23.3 Å². The summed E-state index contributed by atoms with van der Waals surface area (Å²) in [5.74, 6) is 0.988. The van der Waals surface area contributed by atoms with Crippen LogP contribution in [0.5, 0.6) is 0 Å². The van der Waals surface area contributed by atoms with E-state index in [0.717, 1.165) is 35.6 Å². The molecule has 1 saturated carbocycles. The van der Waals surface area contributed by atoms with E-state index in [4.69, 9.17) is 0 Å². The Labute approximate surface area is 114 Å². The van der Waals surface area contributed by atoms with Crippen molar-refractivity contribution in [3.8, 4) is 0 Å². The van der Waals surface area contributed by atoms with E-state index >= 15 is 0 Å². The Morgan fingerprint density at radius 1 is 1.21 bits per heavy atom. The highest BCUT2D eigenvalue weighted by molar-refractivity contribution is 5.85. The van der Waals surface area contributed by atoms with E-state index in [2.05, 4.69) is 31.0 Å². The summed E-state index contributed by atoms with van der Waals surface area (Å²) in [5, 5.41) is 13.4. The topological polar surface area (TPSA) is 33.1 Å². The van der Waals surface area contributed by atoms with Gasteiger partial charge in [-0.15, -0.1) is 0 Å². The zero-order valence-corrected chi connectivity index (χ0v) is 11.6. The summed E-state index contributed by atoms with van der Waals surface area (Å²) in [6.07, 6.45) is 6.74. The minimum atomic E-state index is -0.722. The maximum Gasteiger partial charge on any atom is 0.0942 e. The Morgan fingerprint density at radius 3 is 2.79 bits per heavy atom. The van der Waals surface area contributed by atoms with Crippen LogP contribution in [-0.2, 0) is 5.60 Å². The van der Waals surface area contributed by atoms with Crippen LogP contribution >= 0.6 is 0 Å². The first kappa shape index (κ1) is 12.6. The van der Waals surface area contributed by atoms with Crippen molar-refractivity contribution >= 4 is 10.8 Å². The molecule has 3 rings (SSSR count). The molecule has 2 aromatic rings. The highest BCUT2D eigenvalue weighted by atomic mass is 16.3. The molecule has 1 aromatic heterocycles. The third kappa shape index (κ3) is 2.04. The van der Waals surface area contributed by atoms with Crippen LogP contribution in [0.3, 0.4) is 0 Å². The van der Waals surface area contributed by atoms with Gasteiger partial charge in [-0.1, -0.05) is 38.1 Å².